The maximum Gasteiger partial charge on any atom is 0.173 e. The van der Waals surface area contributed by atoms with Gasteiger partial charge in [0.25, 0.3) is 0 Å². The fourth-order valence-corrected chi connectivity index (χ4v) is 2.27. The number of hydrogen-bond acceptors (Lipinski definition) is 3. The fourth-order valence-electron chi connectivity index (χ4n) is 1.18. The summed E-state index contributed by atoms with van der Waals surface area (Å²) in [6.45, 7) is 0. The molecule has 0 N–H and O–H groups in total. The van der Waals surface area contributed by atoms with Gasteiger partial charge in [-0.2, -0.15) is 5.26 Å². The molecule has 70 valence electrons. The molecule has 2 aromatic heterocycles. The van der Waals surface area contributed by atoms with Gasteiger partial charge in [-0.25, -0.2) is 4.98 Å². The van der Waals surface area contributed by atoms with Crippen LogP contribution in [0.3, 0.4) is 0 Å². The van der Waals surface area contributed by atoms with Gasteiger partial charge in [0, 0.05) is 7.05 Å². The van der Waals surface area contributed by atoms with Crippen molar-refractivity contribution in [2.45, 2.75) is 0 Å². The molecule has 0 aliphatic heterocycles. The Morgan fingerprint density at radius 1 is 1.64 bits per heavy atom. The first-order valence-electron chi connectivity index (χ1n) is 3.90. The van der Waals surface area contributed by atoms with Crippen LogP contribution in [0.4, 0.5) is 0 Å². The van der Waals surface area contributed by atoms with Crippen molar-refractivity contribution in [2.24, 2.45) is 7.05 Å². The Hall–Kier alpha value is -1.12. The molecule has 2 rings (SSSR count). The summed E-state index contributed by atoms with van der Waals surface area (Å²) in [5.41, 5.74) is 0.427. The van der Waals surface area contributed by atoms with E-state index in [1.54, 1.807) is 11.3 Å². The summed E-state index contributed by atoms with van der Waals surface area (Å²) in [6, 6.07) is 6.00. The van der Waals surface area contributed by atoms with Gasteiger partial charge >= 0.3 is 0 Å². The standard InChI is InChI=1S/C9H6BrN3S/c1-13-8(10)6(5-11)12-9(13)7-3-2-4-14-7/h2-4H,1H3. The summed E-state index contributed by atoms with van der Waals surface area (Å²) in [4.78, 5) is 5.30. The van der Waals surface area contributed by atoms with Crippen molar-refractivity contribution in [1.82, 2.24) is 9.55 Å². The van der Waals surface area contributed by atoms with Crippen LogP contribution in [0.15, 0.2) is 22.1 Å². The van der Waals surface area contributed by atoms with Crippen LogP contribution >= 0.6 is 27.3 Å². The summed E-state index contributed by atoms with van der Waals surface area (Å²) in [7, 11) is 1.88. The maximum absolute atomic E-state index is 8.80. The molecule has 0 aliphatic rings. The van der Waals surface area contributed by atoms with Crippen molar-refractivity contribution >= 4 is 27.3 Å². The highest BCUT2D eigenvalue weighted by molar-refractivity contribution is 9.10. The van der Waals surface area contributed by atoms with E-state index < -0.39 is 0 Å². The molecule has 0 fully saturated rings. The summed E-state index contributed by atoms with van der Waals surface area (Å²) in [6.07, 6.45) is 0. The Morgan fingerprint density at radius 3 is 2.93 bits per heavy atom. The normalized spacial score (nSPS) is 10.1. The summed E-state index contributed by atoms with van der Waals surface area (Å²) in [5.74, 6) is 0.823. The van der Waals surface area contributed by atoms with Gasteiger partial charge in [-0.3, -0.25) is 0 Å². The highest BCUT2D eigenvalue weighted by atomic mass is 79.9. The van der Waals surface area contributed by atoms with E-state index in [0.29, 0.717) is 5.69 Å². The first-order chi connectivity index (χ1) is 6.74. The molecule has 2 heterocycles. The SMILES string of the molecule is Cn1c(-c2cccs2)nc(C#N)c1Br. The molecule has 0 radical (unpaired) electrons. The van der Waals surface area contributed by atoms with E-state index in [9.17, 15) is 0 Å². The minimum Gasteiger partial charge on any atom is -0.320 e. The third-order valence-corrected chi connectivity index (χ3v) is 3.65. The smallest absolute Gasteiger partial charge is 0.173 e. The largest absolute Gasteiger partial charge is 0.320 e. The minimum atomic E-state index is 0.427. The number of aromatic nitrogens is 2. The molecule has 0 saturated carbocycles. The predicted octanol–water partition coefficient (Wildman–Crippen LogP) is 2.78. The first-order valence-corrected chi connectivity index (χ1v) is 5.57. The van der Waals surface area contributed by atoms with Gasteiger partial charge in [0.1, 0.15) is 10.7 Å². The molecule has 0 atom stereocenters. The quantitative estimate of drug-likeness (QED) is 0.798. The van der Waals surface area contributed by atoms with Crippen LogP contribution in [0.1, 0.15) is 5.69 Å². The average molecular weight is 268 g/mol. The van der Waals surface area contributed by atoms with Gasteiger partial charge in [0.2, 0.25) is 0 Å². The number of rotatable bonds is 1. The number of halogens is 1. The molecule has 0 bridgehead atoms. The predicted molar refractivity (Wildman–Crippen MR) is 58.9 cm³/mol. The van der Waals surface area contributed by atoms with Gasteiger partial charge < -0.3 is 4.57 Å². The lowest BCUT2D eigenvalue weighted by molar-refractivity contribution is 0.904. The van der Waals surface area contributed by atoms with E-state index in [4.69, 9.17) is 5.26 Å². The van der Waals surface area contributed by atoms with Crippen molar-refractivity contribution < 1.29 is 0 Å². The second-order valence-electron chi connectivity index (χ2n) is 2.72. The topological polar surface area (TPSA) is 41.6 Å². The number of hydrogen-bond donors (Lipinski definition) is 0. The Morgan fingerprint density at radius 2 is 2.43 bits per heavy atom. The molecule has 0 aromatic carbocycles. The van der Waals surface area contributed by atoms with Crippen LogP contribution in [-0.4, -0.2) is 9.55 Å². The highest BCUT2D eigenvalue weighted by Crippen LogP contribution is 2.27. The third kappa shape index (κ3) is 1.37. The fraction of sp³-hybridized carbons (Fsp3) is 0.111. The molecule has 0 saturated heterocycles. The zero-order valence-electron chi connectivity index (χ0n) is 7.36. The maximum atomic E-state index is 8.80. The van der Waals surface area contributed by atoms with Gasteiger partial charge in [-0.05, 0) is 27.4 Å². The Labute approximate surface area is 93.8 Å². The van der Waals surface area contributed by atoms with Gasteiger partial charge in [-0.15, -0.1) is 11.3 Å². The molecule has 0 unspecified atom stereocenters. The number of nitriles is 1. The zero-order valence-corrected chi connectivity index (χ0v) is 9.76. The second kappa shape index (κ2) is 3.56. The molecule has 0 aliphatic carbocycles. The van der Waals surface area contributed by atoms with E-state index in [2.05, 4.69) is 20.9 Å². The van der Waals surface area contributed by atoms with Crippen LogP contribution in [0, 0.1) is 11.3 Å². The van der Waals surface area contributed by atoms with Gasteiger partial charge in [0.15, 0.2) is 11.5 Å². The summed E-state index contributed by atoms with van der Waals surface area (Å²) in [5, 5.41) is 10.8. The van der Waals surface area contributed by atoms with Crippen LogP contribution in [-0.2, 0) is 7.05 Å². The minimum absolute atomic E-state index is 0.427. The van der Waals surface area contributed by atoms with Crippen LogP contribution in [0.5, 0.6) is 0 Å². The van der Waals surface area contributed by atoms with Gasteiger partial charge in [-0.1, -0.05) is 6.07 Å². The lowest BCUT2D eigenvalue weighted by Crippen LogP contribution is -1.90. The molecule has 5 heteroatoms. The van der Waals surface area contributed by atoms with Gasteiger partial charge in [0.05, 0.1) is 4.88 Å². The van der Waals surface area contributed by atoms with E-state index in [-0.39, 0.29) is 0 Å². The monoisotopic (exact) mass is 267 g/mol. The Bertz CT molecular complexity index is 493. The van der Waals surface area contributed by atoms with E-state index in [1.165, 1.54) is 0 Å². The van der Waals surface area contributed by atoms with Crippen LogP contribution < -0.4 is 0 Å². The molecule has 2 aromatic rings. The molecule has 3 nitrogen and oxygen atoms in total. The summed E-state index contributed by atoms with van der Waals surface area (Å²) < 4.78 is 2.59. The molecule has 14 heavy (non-hydrogen) atoms. The highest BCUT2D eigenvalue weighted by Gasteiger charge is 2.13. The number of imidazole rings is 1. The first kappa shape index (κ1) is 9.44. The van der Waals surface area contributed by atoms with Crippen LogP contribution in [0.25, 0.3) is 10.7 Å². The lowest BCUT2D eigenvalue weighted by atomic mass is 10.4. The molecular formula is C9H6BrN3S. The molecular weight excluding hydrogens is 262 g/mol. The van der Waals surface area contributed by atoms with E-state index in [1.807, 2.05) is 35.2 Å². The molecule has 0 spiro atoms. The average Bonchev–Trinajstić information content (AvgIpc) is 2.78. The van der Waals surface area contributed by atoms with Crippen LogP contribution in [0.2, 0.25) is 0 Å². The number of thiophene rings is 1. The third-order valence-electron chi connectivity index (χ3n) is 1.87. The Kier molecular flexibility index (Phi) is 2.40. The second-order valence-corrected chi connectivity index (χ2v) is 4.42. The van der Waals surface area contributed by atoms with E-state index in [0.717, 1.165) is 15.3 Å². The van der Waals surface area contributed by atoms with Crippen molar-refractivity contribution in [3.8, 4) is 16.8 Å². The van der Waals surface area contributed by atoms with Crippen molar-refractivity contribution in [1.29, 1.82) is 5.26 Å². The zero-order chi connectivity index (χ0) is 10.1. The van der Waals surface area contributed by atoms with Crippen molar-refractivity contribution in [3.05, 3.63) is 27.8 Å². The van der Waals surface area contributed by atoms with Crippen molar-refractivity contribution in [2.75, 3.05) is 0 Å². The van der Waals surface area contributed by atoms with Crippen molar-refractivity contribution in [3.63, 3.8) is 0 Å². The molecule has 0 amide bonds. The van der Waals surface area contributed by atoms with E-state index >= 15 is 0 Å². The number of nitrogens with zero attached hydrogens (tertiary/aromatic N) is 3. The summed E-state index contributed by atoms with van der Waals surface area (Å²) >= 11 is 4.94. The lowest BCUT2D eigenvalue weighted by Gasteiger charge is -1.97. The Balaban J connectivity index is 2.62.